The van der Waals surface area contributed by atoms with Gasteiger partial charge in [0.25, 0.3) is 0 Å². The molecule has 1 fully saturated rings. The molecule has 2 heterocycles. The monoisotopic (exact) mass is 333 g/mol. The molecule has 6 heteroatoms. The Morgan fingerprint density at radius 3 is 2.43 bits per heavy atom. The number of nitrogens with zero attached hydrogens (tertiary/aromatic N) is 1. The van der Waals surface area contributed by atoms with Crippen molar-refractivity contribution in [2.75, 3.05) is 5.75 Å². The van der Waals surface area contributed by atoms with E-state index in [4.69, 9.17) is 4.74 Å². The zero-order chi connectivity index (χ0) is 16.4. The second-order valence-electron chi connectivity index (χ2n) is 5.61. The molecule has 0 bridgehead atoms. The van der Waals surface area contributed by atoms with Crippen LogP contribution in [-0.2, 0) is 0 Å². The highest BCUT2D eigenvalue weighted by Gasteiger charge is 2.38. The fourth-order valence-electron chi connectivity index (χ4n) is 2.36. The van der Waals surface area contributed by atoms with Gasteiger partial charge in [0.2, 0.25) is 0 Å². The standard InChI is InChI=1S/C17H19NO4S/c1-10-2-4-11(5-3-10)13-7-6-12(8-18-13)22-17-16(21)15(20)14(19)9-23-17/h2-8,14-17,19-21H,9H2,1H3/t14-,15+,16-,17-/m1/s1. The lowest BCUT2D eigenvalue weighted by molar-refractivity contribution is -0.0786. The Morgan fingerprint density at radius 1 is 1.04 bits per heavy atom. The third-order valence-electron chi connectivity index (χ3n) is 3.79. The Morgan fingerprint density at radius 2 is 1.78 bits per heavy atom. The van der Waals surface area contributed by atoms with Crippen molar-refractivity contribution in [3.8, 4) is 17.0 Å². The van der Waals surface area contributed by atoms with Crippen LogP contribution in [0.4, 0.5) is 0 Å². The smallest absolute Gasteiger partial charge is 0.173 e. The van der Waals surface area contributed by atoms with Crippen LogP contribution in [0.15, 0.2) is 42.6 Å². The van der Waals surface area contributed by atoms with Gasteiger partial charge in [0.15, 0.2) is 5.44 Å². The zero-order valence-corrected chi connectivity index (χ0v) is 13.5. The van der Waals surface area contributed by atoms with Crippen molar-refractivity contribution in [3.63, 3.8) is 0 Å². The van der Waals surface area contributed by atoms with E-state index in [2.05, 4.69) is 4.98 Å². The van der Waals surface area contributed by atoms with Crippen LogP contribution in [0.25, 0.3) is 11.3 Å². The molecule has 5 nitrogen and oxygen atoms in total. The SMILES string of the molecule is Cc1ccc(-c2ccc(O[C@@H]3SC[C@@H](O)[C@H](O)[C@H]3O)cn2)cc1. The molecule has 0 spiro atoms. The van der Waals surface area contributed by atoms with E-state index in [1.807, 2.05) is 37.3 Å². The van der Waals surface area contributed by atoms with Crippen LogP contribution in [0.2, 0.25) is 0 Å². The van der Waals surface area contributed by atoms with E-state index in [0.29, 0.717) is 11.5 Å². The van der Waals surface area contributed by atoms with Crippen molar-refractivity contribution in [2.45, 2.75) is 30.7 Å². The fourth-order valence-corrected chi connectivity index (χ4v) is 3.48. The van der Waals surface area contributed by atoms with Gasteiger partial charge in [-0.05, 0) is 19.1 Å². The van der Waals surface area contributed by atoms with E-state index in [-0.39, 0.29) is 0 Å². The third kappa shape index (κ3) is 3.67. The molecule has 2 aromatic rings. The largest absolute Gasteiger partial charge is 0.475 e. The van der Waals surface area contributed by atoms with E-state index in [0.717, 1.165) is 11.3 Å². The molecule has 1 aliphatic heterocycles. The third-order valence-corrected chi connectivity index (χ3v) is 5.03. The van der Waals surface area contributed by atoms with Crippen LogP contribution >= 0.6 is 11.8 Å². The Labute approximate surface area is 139 Å². The van der Waals surface area contributed by atoms with Crippen molar-refractivity contribution < 1.29 is 20.1 Å². The molecule has 1 saturated heterocycles. The minimum Gasteiger partial charge on any atom is -0.475 e. The number of benzene rings is 1. The van der Waals surface area contributed by atoms with Crippen molar-refractivity contribution >= 4 is 11.8 Å². The predicted molar refractivity (Wildman–Crippen MR) is 89.3 cm³/mol. The van der Waals surface area contributed by atoms with E-state index < -0.39 is 23.7 Å². The van der Waals surface area contributed by atoms with Crippen LogP contribution in [0.3, 0.4) is 0 Å². The van der Waals surface area contributed by atoms with Crippen LogP contribution in [0.5, 0.6) is 5.75 Å². The maximum atomic E-state index is 9.95. The average Bonchev–Trinajstić information content (AvgIpc) is 2.57. The molecule has 1 aromatic carbocycles. The number of ether oxygens (including phenoxy) is 1. The molecular weight excluding hydrogens is 314 g/mol. The lowest BCUT2D eigenvalue weighted by Crippen LogP contribution is -2.50. The lowest BCUT2D eigenvalue weighted by Gasteiger charge is -2.34. The van der Waals surface area contributed by atoms with Gasteiger partial charge in [-0.2, -0.15) is 0 Å². The molecule has 0 unspecified atom stereocenters. The van der Waals surface area contributed by atoms with Crippen LogP contribution < -0.4 is 4.74 Å². The molecule has 0 aliphatic carbocycles. The number of hydrogen-bond acceptors (Lipinski definition) is 6. The second kappa shape index (κ2) is 6.88. The maximum Gasteiger partial charge on any atom is 0.173 e. The quantitative estimate of drug-likeness (QED) is 0.791. The van der Waals surface area contributed by atoms with E-state index in [1.165, 1.54) is 17.3 Å². The Kier molecular flexibility index (Phi) is 4.87. The van der Waals surface area contributed by atoms with Gasteiger partial charge in [-0.15, -0.1) is 11.8 Å². The number of thioether (sulfide) groups is 1. The summed E-state index contributed by atoms with van der Waals surface area (Å²) in [5.74, 6) is 0.832. The van der Waals surface area contributed by atoms with Crippen LogP contribution in [-0.4, -0.2) is 49.8 Å². The normalized spacial score (nSPS) is 27.7. The summed E-state index contributed by atoms with van der Waals surface area (Å²) >= 11 is 1.27. The number of aliphatic hydroxyl groups excluding tert-OH is 3. The molecule has 0 saturated carbocycles. The molecule has 0 amide bonds. The summed E-state index contributed by atoms with van der Waals surface area (Å²) in [6.07, 6.45) is -1.67. The van der Waals surface area contributed by atoms with Gasteiger partial charge in [0.05, 0.1) is 18.0 Å². The first-order valence-electron chi connectivity index (χ1n) is 7.40. The summed E-state index contributed by atoms with van der Waals surface area (Å²) in [6, 6.07) is 11.7. The predicted octanol–water partition coefficient (Wildman–Crippen LogP) is 1.59. The first-order valence-corrected chi connectivity index (χ1v) is 8.45. The molecule has 122 valence electrons. The highest BCUT2D eigenvalue weighted by Crippen LogP contribution is 2.29. The van der Waals surface area contributed by atoms with Gasteiger partial charge < -0.3 is 20.1 Å². The zero-order valence-electron chi connectivity index (χ0n) is 12.7. The van der Waals surface area contributed by atoms with Crippen LogP contribution in [0.1, 0.15) is 5.56 Å². The first-order chi connectivity index (χ1) is 11.0. The number of aromatic nitrogens is 1. The minimum absolute atomic E-state index is 0.317. The molecule has 0 radical (unpaired) electrons. The number of rotatable bonds is 3. The van der Waals surface area contributed by atoms with Crippen molar-refractivity contribution in [1.82, 2.24) is 4.98 Å². The van der Waals surface area contributed by atoms with Gasteiger partial charge in [0.1, 0.15) is 18.0 Å². The van der Waals surface area contributed by atoms with Gasteiger partial charge in [-0.3, -0.25) is 4.98 Å². The van der Waals surface area contributed by atoms with Crippen molar-refractivity contribution in [1.29, 1.82) is 0 Å². The highest BCUT2D eigenvalue weighted by molar-refractivity contribution is 7.99. The van der Waals surface area contributed by atoms with E-state index in [1.54, 1.807) is 12.3 Å². The van der Waals surface area contributed by atoms with Gasteiger partial charge >= 0.3 is 0 Å². The summed E-state index contributed by atoms with van der Waals surface area (Å²) in [6.45, 7) is 2.03. The average molecular weight is 333 g/mol. The molecule has 23 heavy (non-hydrogen) atoms. The van der Waals surface area contributed by atoms with Gasteiger partial charge in [0, 0.05) is 11.3 Å². The minimum atomic E-state index is -1.19. The Hall–Kier alpha value is -1.60. The lowest BCUT2D eigenvalue weighted by atomic mass is 10.1. The van der Waals surface area contributed by atoms with E-state index >= 15 is 0 Å². The van der Waals surface area contributed by atoms with Gasteiger partial charge in [-0.25, -0.2) is 0 Å². The number of hydrogen-bond donors (Lipinski definition) is 3. The number of aliphatic hydroxyl groups is 3. The van der Waals surface area contributed by atoms with Gasteiger partial charge in [-0.1, -0.05) is 29.8 Å². The maximum absolute atomic E-state index is 9.95. The van der Waals surface area contributed by atoms with Crippen molar-refractivity contribution in [2.24, 2.45) is 0 Å². The first kappa shape index (κ1) is 16.3. The molecule has 1 aliphatic rings. The number of aryl methyl sites for hydroxylation is 1. The molecule has 4 atom stereocenters. The topological polar surface area (TPSA) is 82.8 Å². The number of pyridine rings is 1. The van der Waals surface area contributed by atoms with Crippen LogP contribution in [0, 0.1) is 6.92 Å². The highest BCUT2D eigenvalue weighted by atomic mass is 32.2. The Balaban J connectivity index is 1.69. The molecule has 3 rings (SSSR count). The summed E-state index contributed by atoms with van der Waals surface area (Å²) in [7, 11) is 0. The second-order valence-corrected chi connectivity index (χ2v) is 6.74. The molecule has 1 aromatic heterocycles. The molecule has 3 N–H and O–H groups in total. The van der Waals surface area contributed by atoms with Crippen molar-refractivity contribution in [3.05, 3.63) is 48.2 Å². The summed E-state index contributed by atoms with van der Waals surface area (Å²) in [5, 5.41) is 29.2. The summed E-state index contributed by atoms with van der Waals surface area (Å²) < 4.78 is 5.68. The Bertz CT molecular complexity index is 647. The molecular formula is C17H19NO4S. The van der Waals surface area contributed by atoms with E-state index in [9.17, 15) is 15.3 Å². The summed E-state index contributed by atoms with van der Waals surface area (Å²) in [5.41, 5.74) is 2.43. The fraction of sp³-hybridized carbons (Fsp3) is 0.353. The summed E-state index contributed by atoms with van der Waals surface area (Å²) in [4.78, 5) is 4.38.